The van der Waals surface area contributed by atoms with Crippen LogP contribution in [0.15, 0.2) is 34.1 Å². The number of benzene rings is 1. The minimum absolute atomic E-state index is 0.397. The minimum Gasteiger partial charge on any atom is -0.508 e. The lowest BCUT2D eigenvalue weighted by molar-refractivity contribution is 0.193. The van der Waals surface area contributed by atoms with E-state index in [1.54, 1.807) is 6.07 Å². The summed E-state index contributed by atoms with van der Waals surface area (Å²) in [5, 5.41) is 12.4. The van der Waals surface area contributed by atoms with E-state index in [0.717, 1.165) is 23.1 Å². The molecule has 0 saturated carbocycles. The summed E-state index contributed by atoms with van der Waals surface area (Å²) in [5.74, 6) is 0.397. The Morgan fingerprint density at radius 1 is 1.27 bits per heavy atom. The number of phenols is 1. The van der Waals surface area contributed by atoms with Crippen molar-refractivity contribution >= 4 is 27.3 Å². The van der Waals surface area contributed by atoms with Crippen molar-refractivity contribution in [1.82, 2.24) is 4.90 Å². The first kappa shape index (κ1) is 16.0. The van der Waals surface area contributed by atoms with Crippen molar-refractivity contribution in [3.63, 3.8) is 0 Å². The van der Waals surface area contributed by atoms with Gasteiger partial charge < -0.3 is 5.11 Å². The van der Waals surface area contributed by atoms with Gasteiger partial charge in [-0.2, -0.15) is 0 Å². The van der Waals surface area contributed by atoms with Crippen LogP contribution in [0.4, 0.5) is 0 Å². The maximum Gasteiger partial charge on any atom is 0.120 e. The highest BCUT2D eigenvalue weighted by molar-refractivity contribution is 9.10. The van der Waals surface area contributed by atoms with Crippen molar-refractivity contribution in [2.45, 2.75) is 45.2 Å². The van der Waals surface area contributed by atoms with Gasteiger partial charge in [0.1, 0.15) is 5.75 Å². The number of aryl methyl sites for hydroxylation is 1. The summed E-state index contributed by atoms with van der Waals surface area (Å²) in [6.07, 6.45) is 5.07. The third-order valence-corrected chi connectivity index (χ3v) is 6.10. The Balaban J connectivity index is 1.88. The Bertz CT molecular complexity index is 640. The summed E-state index contributed by atoms with van der Waals surface area (Å²) < 4.78 is 1.03. The Hall–Kier alpha value is -0.840. The molecule has 1 aromatic heterocycles. The molecular weight excluding hydrogens is 358 g/mol. The number of halogens is 1. The van der Waals surface area contributed by atoms with E-state index in [1.807, 2.05) is 23.5 Å². The average Bonchev–Trinajstić information content (AvgIpc) is 2.78. The second kappa shape index (κ2) is 7.16. The van der Waals surface area contributed by atoms with Crippen LogP contribution in [0.25, 0.3) is 0 Å². The molecule has 22 heavy (non-hydrogen) atoms. The molecule has 0 amide bonds. The molecule has 0 spiro atoms. The van der Waals surface area contributed by atoms with Gasteiger partial charge in [-0.3, -0.25) is 4.90 Å². The molecule has 3 rings (SSSR count). The highest BCUT2D eigenvalue weighted by Crippen LogP contribution is 2.37. The Morgan fingerprint density at radius 3 is 2.91 bits per heavy atom. The molecule has 4 heteroatoms. The van der Waals surface area contributed by atoms with E-state index < -0.39 is 0 Å². The molecule has 118 valence electrons. The van der Waals surface area contributed by atoms with Gasteiger partial charge in [-0.15, -0.1) is 11.3 Å². The number of rotatable bonds is 3. The van der Waals surface area contributed by atoms with Crippen LogP contribution in [0, 0.1) is 6.92 Å². The van der Waals surface area contributed by atoms with E-state index in [1.165, 1.54) is 36.1 Å². The van der Waals surface area contributed by atoms with Gasteiger partial charge in [0.05, 0.1) is 0 Å². The van der Waals surface area contributed by atoms with Gasteiger partial charge in [0.2, 0.25) is 0 Å². The van der Waals surface area contributed by atoms with Gasteiger partial charge in [0.15, 0.2) is 0 Å². The third kappa shape index (κ3) is 3.55. The van der Waals surface area contributed by atoms with Gasteiger partial charge in [-0.25, -0.2) is 0 Å². The van der Waals surface area contributed by atoms with Gasteiger partial charge in [0.25, 0.3) is 0 Å². The van der Waals surface area contributed by atoms with E-state index >= 15 is 0 Å². The summed E-state index contributed by atoms with van der Waals surface area (Å²) in [5.41, 5.74) is 2.41. The predicted molar refractivity (Wildman–Crippen MR) is 96.5 cm³/mol. The summed E-state index contributed by atoms with van der Waals surface area (Å²) in [6, 6.07) is 8.42. The third-order valence-electron chi connectivity index (χ3n) is 4.48. The monoisotopic (exact) mass is 379 g/mol. The van der Waals surface area contributed by atoms with Crippen molar-refractivity contribution < 1.29 is 5.11 Å². The van der Waals surface area contributed by atoms with Gasteiger partial charge in [-0.05, 0) is 61.5 Å². The van der Waals surface area contributed by atoms with Crippen LogP contribution in [0.5, 0.6) is 5.75 Å². The zero-order valence-corrected chi connectivity index (χ0v) is 15.3. The number of likely N-dealkylation sites (tertiary alicyclic amines) is 1. The van der Waals surface area contributed by atoms with E-state index in [-0.39, 0.29) is 0 Å². The molecule has 1 atom stereocenters. The second-order valence-electron chi connectivity index (χ2n) is 6.08. The van der Waals surface area contributed by atoms with E-state index in [2.05, 4.69) is 39.2 Å². The SMILES string of the molecule is Cc1ccsc1[C@@H]1CCCCCN1Cc1cc(Br)ccc1O. The highest BCUT2D eigenvalue weighted by atomic mass is 79.9. The molecule has 1 N–H and O–H groups in total. The number of hydrogen-bond donors (Lipinski definition) is 1. The van der Waals surface area contributed by atoms with Gasteiger partial charge in [0, 0.05) is 27.5 Å². The first-order valence-corrected chi connectivity index (χ1v) is 9.58. The zero-order chi connectivity index (χ0) is 15.5. The number of nitrogens with zero attached hydrogens (tertiary/aromatic N) is 1. The quantitative estimate of drug-likeness (QED) is 0.745. The van der Waals surface area contributed by atoms with Crippen molar-refractivity contribution in [3.8, 4) is 5.75 Å². The normalized spacial score (nSPS) is 20.0. The smallest absolute Gasteiger partial charge is 0.120 e. The zero-order valence-electron chi connectivity index (χ0n) is 12.9. The molecule has 1 aliphatic heterocycles. The maximum absolute atomic E-state index is 10.2. The topological polar surface area (TPSA) is 23.5 Å². The second-order valence-corrected chi connectivity index (χ2v) is 7.94. The summed E-state index contributed by atoms with van der Waals surface area (Å²) in [7, 11) is 0. The van der Waals surface area contributed by atoms with Crippen molar-refractivity contribution in [3.05, 3.63) is 50.1 Å². The lowest BCUT2D eigenvalue weighted by Gasteiger charge is -2.30. The molecule has 2 nitrogen and oxygen atoms in total. The van der Waals surface area contributed by atoms with Crippen LogP contribution in [0.3, 0.4) is 0 Å². The largest absolute Gasteiger partial charge is 0.508 e. The molecule has 1 fully saturated rings. The number of hydrogen-bond acceptors (Lipinski definition) is 3. The molecule has 1 aliphatic rings. The van der Waals surface area contributed by atoms with E-state index in [9.17, 15) is 5.11 Å². The van der Waals surface area contributed by atoms with Crippen LogP contribution in [-0.2, 0) is 6.54 Å². The molecule has 2 heterocycles. The molecule has 1 saturated heterocycles. The number of phenolic OH excluding ortho intramolecular Hbond substituents is 1. The number of thiophene rings is 1. The Morgan fingerprint density at radius 2 is 2.14 bits per heavy atom. The minimum atomic E-state index is 0.397. The van der Waals surface area contributed by atoms with Crippen LogP contribution in [0.2, 0.25) is 0 Å². The lowest BCUT2D eigenvalue weighted by atomic mass is 10.0. The molecule has 0 radical (unpaired) electrons. The first-order valence-electron chi connectivity index (χ1n) is 7.90. The van der Waals surface area contributed by atoms with Gasteiger partial charge in [-0.1, -0.05) is 28.8 Å². The van der Waals surface area contributed by atoms with Crippen molar-refractivity contribution in [1.29, 1.82) is 0 Å². The highest BCUT2D eigenvalue weighted by Gasteiger charge is 2.25. The molecule has 0 bridgehead atoms. The van der Waals surface area contributed by atoms with Crippen molar-refractivity contribution in [2.24, 2.45) is 0 Å². The lowest BCUT2D eigenvalue weighted by Crippen LogP contribution is -2.28. The number of aromatic hydroxyl groups is 1. The fraction of sp³-hybridized carbons (Fsp3) is 0.444. The Labute approximate surface area is 144 Å². The summed E-state index contributed by atoms with van der Waals surface area (Å²) in [6.45, 7) is 4.13. The molecule has 1 aromatic carbocycles. The molecule has 0 unspecified atom stereocenters. The predicted octanol–water partition coefficient (Wildman–Crippen LogP) is 5.64. The van der Waals surface area contributed by atoms with E-state index in [4.69, 9.17) is 0 Å². The maximum atomic E-state index is 10.2. The standard InChI is InChI=1S/C18H22BrNOS/c1-13-8-10-22-18(13)16-5-3-2-4-9-20(16)12-14-11-15(19)6-7-17(14)21/h6-8,10-11,16,21H,2-5,9,12H2,1H3/t16-/m0/s1. The molecule has 0 aliphatic carbocycles. The summed E-state index contributed by atoms with van der Waals surface area (Å²) >= 11 is 5.39. The van der Waals surface area contributed by atoms with Crippen molar-refractivity contribution in [2.75, 3.05) is 6.54 Å². The fourth-order valence-corrected chi connectivity index (χ4v) is 4.78. The first-order chi connectivity index (χ1) is 10.6. The molecule has 2 aromatic rings. The van der Waals surface area contributed by atoms with E-state index in [0.29, 0.717) is 11.8 Å². The van der Waals surface area contributed by atoms with Crippen LogP contribution >= 0.6 is 27.3 Å². The van der Waals surface area contributed by atoms with Crippen LogP contribution in [-0.4, -0.2) is 16.6 Å². The fourth-order valence-electron chi connectivity index (χ4n) is 3.28. The summed E-state index contributed by atoms with van der Waals surface area (Å²) in [4.78, 5) is 4.05. The Kier molecular flexibility index (Phi) is 5.21. The average molecular weight is 380 g/mol. The molecular formula is C18H22BrNOS. The van der Waals surface area contributed by atoms with Crippen LogP contribution in [0.1, 0.15) is 47.7 Å². The van der Waals surface area contributed by atoms with Crippen LogP contribution < -0.4 is 0 Å². The van der Waals surface area contributed by atoms with Gasteiger partial charge >= 0.3 is 0 Å².